The maximum atomic E-state index is 12.6. The van der Waals surface area contributed by atoms with Crippen molar-refractivity contribution in [2.24, 2.45) is 11.3 Å². The Morgan fingerprint density at radius 2 is 1.74 bits per heavy atom. The number of hydrogen-bond donors (Lipinski definition) is 0. The molecule has 0 amide bonds. The molecule has 0 bridgehead atoms. The third-order valence-electron chi connectivity index (χ3n) is 5.11. The third kappa shape index (κ3) is 4.24. The summed E-state index contributed by atoms with van der Waals surface area (Å²) in [6, 6.07) is 5.63. The van der Waals surface area contributed by atoms with Crippen LogP contribution in [-0.4, -0.2) is 36.0 Å². The Balaban J connectivity index is 1.46. The highest BCUT2D eigenvalue weighted by Gasteiger charge is 2.43. The number of benzene rings is 1. The summed E-state index contributed by atoms with van der Waals surface area (Å²) in [7, 11) is 0. The monoisotopic (exact) mass is 343 g/mol. The number of nitrogens with zero attached hydrogens (tertiary/aromatic N) is 1. The van der Waals surface area contributed by atoms with Gasteiger partial charge in [-0.2, -0.15) is 24.9 Å². The van der Waals surface area contributed by atoms with Crippen molar-refractivity contribution in [3.8, 4) is 0 Å². The topological polar surface area (TPSA) is 3.24 Å². The molecule has 1 unspecified atom stereocenters. The van der Waals surface area contributed by atoms with Gasteiger partial charge in [-0.3, -0.25) is 0 Å². The molecule has 1 aromatic carbocycles. The van der Waals surface area contributed by atoms with Crippen molar-refractivity contribution >= 4 is 11.8 Å². The van der Waals surface area contributed by atoms with E-state index >= 15 is 0 Å². The van der Waals surface area contributed by atoms with Gasteiger partial charge in [0, 0.05) is 19.6 Å². The number of alkyl halides is 3. The van der Waals surface area contributed by atoms with E-state index < -0.39 is 11.7 Å². The second-order valence-corrected chi connectivity index (χ2v) is 8.51. The Morgan fingerprint density at radius 1 is 1.13 bits per heavy atom. The lowest BCUT2D eigenvalue weighted by Gasteiger charge is -2.53. The molecule has 3 rings (SSSR count). The summed E-state index contributed by atoms with van der Waals surface area (Å²) >= 11 is 2.07. The van der Waals surface area contributed by atoms with Crippen LogP contribution in [0.1, 0.15) is 30.9 Å². The molecule has 2 aliphatic rings. The van der Waals surface area contributed by atoms with Crippen molar-refractivity contribution in [2.45, 2.75) is 32.4 Å². The van der Waals surface area contributed by atoms with Crippen LogP contribution in [0, 0.1) is 11.3 Å². The largest absolute Gasteiger partial charge is 0.416 e. The van der Waals surface area contributed by atoms with Crippen molar-refractivity contribution in [1.82, 2.24) is 4.90 Å². The first kappa shape index (κ1) is 17.2. The smallest absolute Gasteiger partial charge is 0.302 e. The van der Waals surface area contributed by atoms with E-state index in [1.807, 2.05) is 0 Å². The number of thioether (sulfide) groups is 1. The zero-order valence-electron chi connectivity index (χ0n) is 13.5. The average molecular weight is 343 g/mol. The van der Waals surface area contributed by atoms with Crippen LogP contribution in [-0.2, 0) is 12.6 Å². The zero-order valence-corrected chi connectivity index (χ0v) is 14.3. The summed E-state index contributed by atoms with van der Waals surface area (Å²) in [6.07, 6.45) is -0.700. The molecule has 2 aliphatic heterocycles. The Morgan fingerprint density at radius 3 is 2.30 bits per heavy atom. The predicted octanol–water partition coefficient (Wildman–Crippen LogP) is 4.71. The molecule has 1 atom stereocenters. The molecule has 1 aromatic rings. The lowest BCUT2D eigenvalue weighted by molar-refractivity contribution is -0.137. The highest BCUT2D eigenvalue weighted by Crippen LogP contribution is 2.42. The van der Waals surface area contributed by atoms with E-state index in [0.717, 1.165) is 18.5 Å². The molecular formula is C18H24F3NS. The molecule has 0 N–H and O–H groups in total. The summed E-state index contributed by atoms with van der Waals surface area (Å²) in [4.78, 5) is 2.52. The summed E-state index contributed by atoms with van der Waals surface area (Å²) < 4.78 is 37.7. The third-order valence-corrected chi connectivity index (χ3v) is 6.09. The van der Waals surface area contributed by atoms with Gasteiger partial charge < -0.3 is 4.90 Å². The molecule has 1 spiro atoms. The normalized spacial score (nSPS) is 22.8. The minimum atomic E-state index is -4.24. The van der Waals surface area contributed by atoms with Gasteiger partial charge in [-0.05, 0) is 59.8 Å². The second-order valence-electron chi connectivity index (χ2n) is 7.29. The van der Waals surface area contributed by atoms with Gasteiger partial charge in [0.05, 0.1) is 5.56 Å². The van der Waals surface area contributed by atoms with Crippen molar-refractivity contribution in [3.63, 3.8) is 0 Å². The predicted molar refractivity (Wildman–Crippen MR) is 89.7 cm³/mol. The Hall–Kier alpha value is -0.680. The van der Waals surface area contributed by atoms with Crippen LogP contribution < -0.4 is 0 Å². The molecule has 1 nitrogen and oxygen atoms in total. The van der Waals surface area contributed by atoms with Gasteiger partial charge in [-0.15, -0.1) is 0 Å². The van der Waals surface area contributed by atoms with Gasteiger partial charge >= 0.3 is 6.18 Å². The van der Waals surface area contributed by atoms with Crippen LogP contribution in [0.4, 0.5) is 13.2 Å². The quantitative estimate of drug-likeness (QED) is 0.779. The molecule has 0 aromatic heterocycles. The number of hydrogen-bond acceptors (Lipinski definition) is 2. The van der Waals surface area contributed by atoms with E-state index in [1.165, 1.54) is 49.6 Å². The maximum Gasteiger partial charge on any atom is 0.416 e. The molecular weight excluding hydrogens is 319 g/mol. The summed E-state index contributed by atoms with van der Waals surface area (Å²) in [5.41, 5.74) is 1.02. The van der Waals surface area contributed by atoms with Crippen LogP contribution in [0.5, 0.6) is 0 Å². The molecule has 2 heterocycles. The van der Waals surface area contributed by atoms with E-state index in [0.29, 0.717) is 11.3 Å². The molecule has 5 heteroatoms. The average Bonchev–Trinajstić information content (AvgIpc) is 2.46. The fourth-order valence-electron chi connectivity index (χ4n) is 3.89. The summed E-state index contributed by atoms with van der Waals surface area (Å²) in [5.74, 6) is 3.08. The molecule has 2 saturated heterocycles. The minimum absolute atomic E-state index is 0.474. The first-order chi connectivity index (χ1) is 10.9. The van der Waals surface area contributed by atoms with Gasteiger partial charge in [0.25, 0.3) is 0 Å². The molecule has 2 fully saturated rings. The summed E-state index contributed by atoms with van der Waals surface area (Å²) in [5, 5.41) is 0. The van der Waals surface area contributed by atoms with Gasteiger partial charge in [0.1, 0.15) is 0 Å². The highest BCUT2D eigenvalue weighted by molar-refractivity contribution is 7.99. The van der Waals surface area contributed by atoms with Gasteiger partial charge in [0.15, 0.2) is 0 Å². The fraction of sp³-hybridized carbons (Fsp3) is 0.667. The first-order valence-corrected chi connectivity index (χ1v) is 9.48. The van der Waals surface area contributed by atoms with E-state index in [4.69, 9.17) is 0 Å². The van der Waals surface area contributed by atoms with Crippen molar-refractivity contribution in [3.05, 3.63) is 35.4 Å². The lowest BCUT2D eigenvalue weighted by atomic mass is 9.74. The Bertz CT molecular complexity index is 512. The van der Waals surface area contributed by atoms with E-state index in [1.54, 1.807) is 12.1 Å². The van der Waals surface area contributed by atoms with Gasteiger partial charge in [-0.25, -0.2) is 0 Å². The SMILES string of the molecule is CC(Cc1ccc(C(F)(F)F)cc1)CN1CC2(CCSCC2)C1. The maximum absolute atomic E-state index is 12.6. The lowest BCUT2D eigenvalue weighted by Crippen LogP contribution is -2.58. The Labute approximate surface area is 140 Å². The number of rotatable bonds is 4. The van der Waals surface area contributed by atoms with E-state index in [9.17, 15) is 13.2 Å². The van der Waals surface area contributed by atoms with Gasteiger partial charge in [-0.1, -0.05) is 19.1 Å². The molecule has 23 heavy (non-hydrogen) atoms. The second kappa shape index (κ2) is 6.67. The van der Waals surface area contributed by atoms with Gasteiger partial charge in [0.2, 0.25) is 0 Å². The van der Waals surface area contributed by atoms with Crippen molar-refractivity contribution < 1.29 is 13.2 Å². The van der Waals surface area contributed by atoms with E-state index in [-0.39, 0.29) is 0 Å². The van der Waals surface area contributed by atoms with Crippen molar-refractivity contribution in [1.29, 1.82) is 0 Å². The molecule has 128 valence electrons. The molecule has 0 radical (unpaired) electrons. The molecule has 0 saturated carbocycles. The van der Waals surface area contributed by atoms with Crippen molar-refractivity contribution in [2.75, 3.05) is 31.1 Å². The highest BCUT2D eigenvalue weighted by atomic mass is 32.2. The summed E-state index contributed by atoms with van der Waals surface area (Å²) in [6.45, 7) is 5.67. The van der Waals surface area contributed by atoms with Crippen LogP contribution in [0.3, 0.4) is 0 Å². The first-order valence-electron chi connectivity index (χ1n) is 8.33. The van der Waals surface area contributed by atoms with Crippen LogP contribution >= 0.6 is 11.8 Å². The van der Waals surface area contributed by atoms with E-state index in [2.05, 4.69) is 23.6 Å². The minimum Gasteiger partial charge on any atom is -0.302 e. The molecule has 0 aliphatic carbocycles. The van der Waals surface area contributed by atoms with Crippen LogP contribution in [0.25, 0.3) is 0 Å². The Kier molecular flexibility index (Phi) is 4.98. The number of halogens is 3. The fourth-order valence-corrected chi connectivity index (χ4v) is 5.25. The zero-order chi connectivity index (χ0) is 16.5. The van der Waals surface area contributed by atoms with Crippen LogP contribution in [0.15, 0.2) is 24.3 Å². The van der Waals surface area contributed by atoms with Crippen LogP contribution in [0.2, 0.25) is 0 Å². The number of likely N-dealkylation sites (tertiary alicyclic amines) is 1. The standard InChI is InChI=1S/C18H24F3NS/c1-14(10-15-2-4-16(5-3-15)18(19,20)21)11-22-12-17(13-22)6-8-23-9-7-17/h2-5,14H,6-13H2,1H3.